The summed E-state index contributed by atoms with van der Waals surface area (Å²) < 4.78 is 0. The zero-order valence-corrected chi connectivity index (χ0v) is 55.9. The van der Waals surface area contributed by atoms with Crippen LogP contribution in [0.3, 0.4) is 0 Å². The van der Waals surface area contributed by atoms with Gasteiger partial charge in [-0.2, -0.15) is 0 Å². The Balaban J connectivity index is 0.0000000896. The molecule has 0 saturated heterocycles. The third-order valence-corrected chi connectivity index (χ3v) is 21.1. The predicted molar refractivity (Wildman–Crippen MR) is 428 cm³/mol. The Hall–Kier alpha value is -14.1. The molecule has 0 spiro atoms. The van der Waals surface area contributed by atoms with Gasteiger partial charge < -0.3 is 0 Å². The van der Waals surface area contributed by atoms with Crippen molar-refractivity contribution < 1.29 is 0 Å². The smallest absolute Gasteiger partial charge is 0.0794 e. The molecule has 0 N–H and O–H groups in total. The van der Waals surface area contributed by atoms with Gasteiger partial charge in [-0.15, -0.1) is 0 Å². The first kappa shape index (κ1) is 58.8. The van der Waals surface area contributed by atoms with Crippen LogP contribution in [0.15, 0.2) is 340 Å². The van der Waals surface area contributed by atoms with E-state index in [1.807, 2.05) is 67.5 Å². The molecular weight excluding hydrogens is 1270 g/mol. The normalized spacial score (nSPS) is 11.8. The number of fused-ring (bicyclic) bond motifs is 16. The van der Waals surface area contributed by atoms with Gasteiger partial charge in [0.1, 0.15) is 0 Å². The van der Waals surface area contributed by atoms with Gasteiger partial charge in [0.2, 0.25) is 0 Å². The quantitative estimate of drug-likeness (QED) is 0.172. The van der Waals surface area contributed by atoms with Crippen LogP contribution >= 0.6 is 0 Å². The lowest BCUT2D eigenvalue weighted by atomic mass is 10.0. The fraction of sp³-hybridized carbons (Fsp3) is 0. The van der Waals surface area contributed by atoms with E-state index in [9.17, 15) is 0 Å². The van der Waals surface area contributed by atoms with Crippen LogP contribution in [0.5, 0.6) is 0 Å². The average Bonchev–Trinajstić information content (AvgIpc) is 1.60. The highest BCUT2D eigenvalue weighted by molar-refractivity contribution is 6.18. The Bertz CT molecular complexity index is 6140. The van der Waals surface area contributed by atoms with Crippen molar-refractivity contribution in [3.05, 3.63) is 340 Å². The highest BCUT2D eigenvalue weighted by atomic mass is 14.8. The minimum Gasteiger partial charge on any atom is -0.264 e. The van der Waals surface area contributed by atoms with Crippen LogP contribution in [0, 0.1) is 0 Å². The standard InChI is InChI=1S/4C24H14N2/c1-5-15-6-2-9-20-23(15)18(8-1)19-12-13-22(26-24(19)20)17-7-3-11-21-16(17)10-4-14-25-21;1-4-15-5-2-9-21-23(15)19(8-1)20-10-11-22(26-24(20)21)18-7-3-6-16-14-25-13-12-17(16)18;1-2-10-21-16(7-1)17(13-14-25-21)22-12-11-19-18-8-3-5-15-6-4-9-20(23(15)18)24(19)26-22;1-2-8-17-16(5-1)13-25-14-21(17)22-12-11-19-18-9-3-6-15-7-4-10-20(23(15)18)24(19)26-22/h4*1-14H. The molecule has 12 aromatic carbocycles. The Morgan fingerprint density at radius 1 is 0.163 bits per heavy atom. The van der Waals surface area contributed by atoms with Crippen molar-refractivity contribution in [2.45, 2.75) is 0 Å². The molecule has 104 heavy (non-hydrogen) atoms. The first-order chi connectivity index (χ1) is 51.6. The summed E-state index contributed by atoms with van der Waals surface area (Å²) >= 11 is 0. The van der Waals surface area contributed by atoms with E-state index < -0.39 is 0 Å². The van der Waals surface area contributed by atoms with Crippen LogP contribution in [0.4, 0.5) is 0 Å². The van der Waals surface area contributed by atoms with Crippen LogP contribution in [0.1, 0.15) is 0 Å². The summed E-state index contributed by atoms with van der Waals surface area (Å²) in [5.41, 5.74) is 29.7. The Labute approximate surface area is 597 Å². The number of aromatic nitrogens is 8. The van der Waals surface area contributed by atoms with E-state index in [0.29, 0.717) is 0 Å². The Kier molecular flexibility index (Phi) is 13.5. The van der Waals surface area contributed by atoms with Gasteiger partial charge in [-0.25, -0.2) is 19.9 Å². The summed E-state index contributed by atoms with van der Waals surface area (Å²) in [5, 5.41) is 17.3. The molecule has 0 bridgehead atoms. The minimum atomic E-state index is 0.970. The van der Waals surface area contributed by atoms with Gasteiger partial charge in [-0.1, -0.05) is 224 Å². The molecule has 0 radical (unpaired) electrons. The van der Waals surface area contributed by atoms with Crippen molar-refractivity contribution in [3.63, 3.8) is 0 Å². The molecule has 8 aromatic heterocycles. The zero-order valence-electron chi connectivity index (χ0n) is 55.9. The van der Waals surface area contributed by atoms with Gasteiger partial charge in [0.25, 0.3) is 0 Å². The maximum atomic E-state index is 5.09. The SMILES string of the molecule is c1cc(-c2ccc3c(n2)-c2cccc4cccc-3c24)c2ccncc2c1.c1cc2c3c(cccc3c1)-c1nc(-c3cccc4ncccc34)ccc1-2.c1cc2c3c(cccc3c1)-c1nc(-c3ccnc4ccccc34)ccc1-2.c1ccc2c(-c3ccc4c(n3)-c3cccc5cccc-4c35)cncc2c1. The van der Waals surface area contributed by atoms with Gasteiger partial charge in [-0.05, 0) is 155 Å². The average molecular weight is 1320 g/mol. The number of benzene rings is 12. The number of hydrogen-bond acceptors (Lipinski definition) is 8. The van der Waals surface area contributed by atoms with Crippen molar-refractivity contribution in [2.24, 2.45) is 0 Å². The number of nitrogens with zero attached hydrogens (tertiary/aromatic N) is 8. The summed E-state index contributed by atoms with van der Waals surface area (Å²) in [4.78, 5) is 37.9. The van der Waals surface area contributed by atoms with E-state index in [1.165, 1.54) is 121 Å². The summed E-state index contributed by atoms with van der Waals surface area (Å²) in [6.07, 6.45) is 11.3. The van der Waals surface area contributed by atoms with E-state index in [1.54, 1.807) is 0 Å². The Morgan fingerprint density at radius 3 is 0.952 bits per heavy atom. The van der Waals surface area contributed by atoms with Crippen LogP contribution in [-0.4, -0.2) is 39.9 Å². The third-order valence-electron chi connectivity index (χ3n) is 21.1. The molecule has 0 atom stereocenters. The lowest BCUT2D eigenvalue weighted by molar-refractivity contribution is 1.31. The highest BCUT2D eigenvalue weighted by Gasteiger charge is 2.28. The molecule has 0 aliphatic heterocycles. The summed E-state index contributed by atoms with van der Waals surface area (Å²) in [6.45, 7) is 0. The maximum Gasteiger partial charge on any atom is 0.0794 e. The lowest BCUT2D eigenvalue weighted by Gasteiger charge is -2.08. The molecule has 8 nitrogen and oxygen atoms in total. The fourth-order valence-corrected chi connectivity index (χ4v) is 16.5. The molecule has 0 fully saturated rings. The molecule has 4 aliphatic rings. The fourth-order valence-electron chi connectivity index (χ4n) is 16.5. The number of pyridine rings is 8. The minimum absolute atomic E-state index is 0.970. The second-order valence-electron chi connectivity index (χ2n) is 26.8. The molecule has 8 heterocycles. The molecule has 4 aliphatic carbocycles. The van der Waals surface area contributed by atoms with Crippen LogP contribution in [-0.2, 0) is 0 Å². The van der Waals surface area contributed by atoms with Crippen LogP contribution in [0.2, 0.25) is 0 Å². The molecule has 24 rings (SSSR count). The molecule has 0 saturated carbocycles. The first-order valence-electron chi connectivity index (χ1n) is 35.1. The molecule has 0 amide bonds. The summed E-state index contributed by atoms with van der Waals surface area (Å²) in [6, 6.07) is 107. The van der Waals surface area contributed by atoms with E-state index >= 15 is 0 Å². The lowest BCUT2D eigenvalue weighted by Crippen LogP contribution is -1.90. The van der Waals surface area contributed by atoms with E-state index in [0.717, 1.165) is 100 Å². The largest absolute Gasteiger partial charge is 0.264 e. The highest BCUT2D eigenvalue weighted by Crippen LogP contribution is 2.52. The van der Waals surface area contributed by atoms with Crippen molar-refractivity contribution >= 4 is 86.4 Å². The molecular formula is C96H56N8. The summed E-state index contributed by atoms with van der Waals surface area (Å²) in [5.74, 6) is 0. The maximum absolute atomic E-state index is 5.09. The van der Waals surface area contributed by atoms with Gasteiger partial charge in [-0.3, -0.25) is 19.9 Å². The van der Waals surface area contributed by atoms with Gasteiger partial charge >= 0.3 is 0 Å². The Morgan fingerprint density at radius 2 is 0.481 bits per heavy atom. The van der Waals surface area contributed by atoms with Gasteiger partial charge in [0.05, 0.1) is 56.6 Å². The number of para-hydroxylation sites is 1. The van der Waals surface area contributed by atoms with Crippen molar-refractivity contribution in [1.29, 1.82) is 0 Å². The molecule has 0 unspecified atom stereocenters. The first-order valence-corrected chi connectivity index (χ1v) is 35.1. The molecule has 20 aromatic rings. The molecule has 480 valence electrons. The van der Waals surface area contributed by atoms with Crippen molar-refractivity contribution in [3.8, 4) is 135 Å². The second-order valence-corrected chi connectivity index (χ2v) is 26.8. The van der Waals surface area contributed by atoms with Gasteiger partial charge in [0.15, 0.2) is 0 Å². The molecule has 8 heteroatoms. The van der Waals surface area contributed by atoms with Gasteiger partial charge in [0, 0.05) is 125 Å². The monoisotopic (exact) mass is 1320 g/mol. The van der Waals surface area contributed by atoms with E-state index in [2.05, 4.69) is 293 Å². The van der Waals surface area contributed by atoms with Crippen molar-refractivity contribution in [1.82, 2.24) is 39.9 Å². The van der Waals surface area contributed by atoms with E-state index in [-0.39, 0.29) is 0 Å². The van der Waals surface area contributed by atoms with Crippen LogP contribution in [0.25, 0.3) is 221 Å². The second kappa shape index (κ2) is 23.8. The summed E-state index contributed by atoms with van der Waals surface area (Å²) in [7, 11) is 0. The van der Waals surface area contributed by atoms with Crippen LogP contribution < -0.4 is 0 Å². The third kappa shape index (κ3) is 9.39. The number of rotatable bonds is 4. The number of hydrogen-bond donors (Lipinski definition) is 0. The zero-order chi connectivity index (χ0) is 68.3. The van der Waals surface area contributed by atoms with E-state index in [4.69, 9.17) is 19.9 Å². The predicted octanol–water partition coefficient (Wildman–Crippen LogP) is 24.4. The topological polar surface area (TPSA) is 103 Å². The van der Waals surface area contributed by atoms with Crippen molar-refractivity contribution in [2.75, 3.05) is 0 Å².